The zero-order valence-corrected chi connectivity index (χ0v) is 13.0. The highest BCUT2D eigenvalue weighted by Gasteiger charge is 2.41. The molecule has 7 heteroatoms. The minimum absolute atomic E-state index is 0.105. The first-order chi connectivity index (χ1) is 9.64. The molecule has 2 atom stereocenters. The van der Waals surface area contributed by atoms with E-state index in [1.54, 1.807) is 26.0 Å². The number of carboxylic acids is 1. The van der Waals surface area contributed by atoms with Crippen LogP contribution in [0.1, 0.15) is 23.1 Å². The number of aliphatic hydroxyl groups is 1. The van der Waals surface area contributed by atoms with Crippen molar-refractivity contribution in [1.82, 2.24) is 4.31 Å². The van der Waals surface area contributed by atoms with Gasteiger partial charge in [-0.25, -0.2) is 8.42 Å². The molecule has 0 bridgehead atoms. The summed E-state index contributed by atoms with van der Waals surface area (Å²) in [6, 6.07) is 2.14. The molecule has 1 aromatic carbocycles. The summed E-state index contributed by atoms with van der Waals surface area (Å²) in [6.07, 6.45) is -1.14. The maximum atomic E-state index is 12.8. The van der Waals surface area contributed by atoms with Gasteiger partial charge in [0.05, 0.1) is 23.0 Å². The number of nitrogens with zero attached hydrogens (tertiary/aromatic N) is 1. The monoisotopic (exact) mass is 312 g/mol. The van der Waals surface area contributed by atoms with Crippen molar-refractivity contribution < 1.29 is 23.4 Å². The zero-order valence-electron chi connectivity index (χ0n) is 12.2. The molecule has 0 aliphatic carbocycles. The van der Waals surface area contributed by atoms with Crippen LogP contribution in [-0.4, -0.2) is 42.5 Å². The molecule has 1 saturated heterocycles. The molecular weight excluding hydrogens is 294 g/mol. The fraction of sp³-hybridized carbons (Fsp3) is 0.500. The summed E-state index contributed by atoms with van der Waals surface area (Å²) in [6.45, 7) is 4.98. The summed E-state index contributed by atoms with van der Waals surface area (Å²) in [5.41, 5.74) is 2.05. The lowest BCUT2D eigenvalue weighted by molar-refractivity contribution is -0.309. The van der Waals surface area contributed by atoms with Crippen LogP contribution in [0.25, 0.3) is 0 Å². The summed E-state index contributed by atoms with van der Waals surface area (Å²) in [5.74, 6) is -1.49. The number of aryl methyl sites for hydroxylation is 3. The first-order valence-electron chi connectivity index (χ1n) is 6.63. The van der Waals surface area contributed by atoms with Gasteiger partial charge in [-0.1, -0.05) is 17.7 Å². The topological polar surface area (TPSA) is 97.7 Å². The van der Waals surface area contributed by atoms with Crippen LogP contribution in [0.4, 0.5) is 0 Å². The van der Waals surface area contributed by atoms with Gasteiger partial charge in [0.1, 0.15) is 0 Å². The number of aliphatic carboxylic acids is 1. The van der Waals surface area contributed by atoms with Crippen molar-refractivity contribution in [1.29, 1.82) is 0 Å². The highest BCUT2D eigenvalue weighted by Crippen LogP contribution is 2.30. The lowest BCUT2D eigenvalue weighted by Gasteiger charge is -2.26. The van der Waals surface area contributed by atoms with Crippen molar-refractivity contribution in [2.24, 2.45) is 0 Å². The predicted molar refractivity (Wildman–Crippen MR) is 74.0 cm³/mol. The molecule has 0 saturated carbocycles. The molecule has 1 fully saturated rings. The Morgan fingerprint density at radius 3 is 2.29 bits per heavy atom. The van der Waals surface area contributed by atoms with Crippen LogP contribution < -0.4 is 5.11 Å². The van der Waals surface area contributed by atoms with E-state index in [9.17, 15) is 23.4 Å². The number of hydrogen-bond donors (Lipinski definition) is 1. The number of β-amino-alcohol motifs (C(OH)–C–C–N with tert-alkyl or cyclic N) is 1. The second-order valence-electron chi connectivity index (χ2n) is 5.53. The Kier molecular flexibility index (Phi) is 4.10. The van der Waals surface area contributed by atoms with Gasteiger partial charge in [0, 0.05) is 6.54 Å². The molecule has 2 rings (SSSR count). The van der Waals surface area contributed by atoms with E-state index in [0.29, 0.717) is 11.1 Å². The Hall–Kier alpha value is -1.44. The molecule has 21 heavy (non-hydrogen) atoms. The van der Waals surface area contributed by atoms with Gasteiger partial charge in [0.2, 0.25) is 10.0 Å². The second kappa shape index (κ2) is 5.40. The average Bonchev–Trinajstić information content (AvgIpc) is 2.70. The van der Waals surface area contributed by atoms with Crippen LogP contribution in [0, 0.1) is 20.8 Å². The number of aliphatic hydroxyl groups excluding tert-OH is 1. The van der Waals surface area contributed by atoms with E-state index in [4.69, 9.17) is 0 Å². The van der Waals surface area contributed by atoms with Crippen molar-refractivity contribution in [3.8, 4) is 0 Å². The standard InChI is InChI=1S/C14H19NO5S/c1-8-4-9(2)13(10(3)5-8)21(19,20)15-7-11(16)6-12(15)14(17)18/h4-5,11-12,16H,6-7H2,1-3H3,(H,17,18)/p-1/t11-,12+/m1/s1. The normalized spacial score (nSPS) is 23.4. The number of rotatable bonds is 3. The molecule has 1 N–H and O–H groups in total. The molecule has 0 radical (unpaired) electrons. The van der Waals surface area contributed by atoms with Gasteiger partial charge in [-0.15, -0.1) is 0 Å². The first-order valence-corrected chi connectivity index (χ1v) is 8.07. The SMILES string of the molecule is Cc1cc(C)c(S(=O)(=O)N2C[C@H](O)C[C@H]2C(=O)[O-])c(C)c1. The fourth-order valence-corrected chi connectivity index (χ4v) is 5.00. The van der Waals surface area contributed by atoms with E-state index in [0.717, 1.165) is 9.87 Å². The maximum Gasteiger partial charge on any atom is 0.244 e. The van der Waals surface area contributed by atoms with Gasteiger partial charge >= 0.3 is 0 Å². The Labute approximate surface area is 124 Å². The lowest BCUT2D eigenvalue weighted by Crippen LogP contribution is -2.47. The van der Waals surface area contributed by atoms with Crippen LogP contribution in [-0.2, 0) is 14.8 Å². The summed E-state index contributed by atoms with van der Waals surface area (Å²) in [4.78, 5) is 11.2. The largest absolute Gasteiger partial charge is 0.548 e. The van der Waals surface area contributed by atoms with Crippen molar-refractivity contribution in [2.75, 3.05) is 6.54 Å². The molecule has 1 aliphatic rings. The summed E-state index contributed by atoms with van der Waals surface area (Å²) in [5, 5.41) is 20.7. The van der Waals surface area contributed by atoms with Crippen molar-refractivity contribution in [3.63, 3.8) is 0 Å². The number of carbonyl (C=O) groups is 1. The summed E-state index contributed by atoms with van der Waals surface area (Å²) < 4.78 is 26.4. The molecule has 0 aromatic heterocycles. The Morgan fingerprint density at radius 2 is 1.81 bits per heavy atom. The zero-order chi connectivity index (χ0) is 15.9. The van der Waals surface area contributed by atoms with Gasteiger partial charge in [-0.2, -0.15) is 4.31 Å². The molecule has 0 spiro atoms. The van der Waals surface area contributed by atoms with Gasteiger partial charge in [0.15, 0.2) is 0 Å². The van der Waals surface area contributed by atoms with E-state index >= 15 is 0 Å². The van der Waals surface area contributed by atoms with Crippen LogP contribution in [0.5, 0.6) is 0 Å². The van der Waals surface area contributed by atoms with E-state index < -0.39 is 28.1 Å². The average molecular weight is 312 g/mol. The highest BCUT2D eigenvalue weighted by molar-refractivity contribution is 7.89. The van der Waals surface area contributed by atoms with E-state index in [1.165, 1.54) is 0 Å². The number of hydrogen-bond acceptors (Lipinski definition) is 5. The first kappa shape index (κ1) is 15.9. The molecule has 1 aromatic rings. The molecule has 1 heterocycles. The number of carboxylic acid groups (broad SMARTS) is 1. The smallest absolute Gasteiger partial charge is 0.244 e. The summed E-state index contributed by atoms with van der Waals surface area (Å²) >= 11 is 0. The van der Waals surface area contributed by atoms with E-state index in [1.807, 2.05) is 6.92 Å². The van der Waals surface area contributed by atoms with Crippen LogP contribution in [0.15, 0.2) is 17.0 Å². The third-order valence-electron chi connectivity index (χ3n) is 3.68. The van der Waals surface area contributed by atoms with Gasteiger partial charge in [-0.05, 0) is 38.3 Å². The maximum absolute atomic E-state index is 12.8. The molecule has 6 nitrogen and oxygen atoms in total. The predicted octanol–water partition coefficient (Wildman–Crippen LogP) is -0.514. The quantitative estimate of drug-likeness (QED) is 0.810. The highest BCUT2D eigenvalue weighted by atomic mass is 32.2. The van der Waals surface area contributed by atoms with Crippen LogP contribution >= 0.6 is 0 Å². The third-order valence-corrected chi connectivity index (χ3v) is 5.86. The Morgan fingerprint density at radius 1 is 1.29 bits per heavy atom. The minimum atomic E-state index is -3.99. The third kappa shape index (κ3) is 2.81. The Bertz CT molecular complexity index is 660. The molecule has 1 aliphatic heterocycles. The van der Waals surface area contributed by atoms with Crippen molar-refractivity contribution in [3.05, 3.63) is 28.8 Å². The van der Waals surface area contributed by atoms with Crippen LogP contribution in [0.3, 0.4) is 0 Å². The number of benzene rings is 1. The molecular formula is C14H18NO5S-. The van der Waals surface area contributed by atoms with E-state index in [-0.39, 0.29) is 17.9 Å². The molecule has 0 amide bonds. The summed E-state index contributed by atoms with van der Waals surface area (Å²) in [7, 11) is -3.99. The van der Waals surface area contributed by atoms with Gasteiger partial charge in [0.25, 0.3) is 0 Å². The van der Waals surface area contributed by atoms with Crippen molar-refractivity contribution >= 4 is 16.0 Å². The van der Waals surface area contributed by atoms with Crippen LogP contribution in [0.2, 0.25) is 0 Å². The minimum Gasteiger partial charge on any atom is -0.548 e. The number of carbonyl (C=O) groups excluding carboxylic acids is 1. The molecule has 116 valence electrons. The lowest BCUT2D eigenvalue weighted by atomic mass is 10.1. The number of sulfonamides is 1. The van der Waals surface area contributed by atoms with Gasteiger partial charge < -0.3 is 15.0 Å². The van der Waals surface area contributed by atoms with Gasteiger partial charge in [-0.3, -0.25) is 0 Å². The Balaban J connectivity index is 2.55. The van der Waals surface area contributed by atoms with Crippen molar-refractivity contribution in [2.45, 2.75) is 44.2 Å². The molecule has 0 unspecified atom stereocenters. The van der Waals surface area contributed by atoms with E-state index in [2.05, 4.69) is 0 Å². The fourth-order valence-electron chi connectivity index (χ4n) is 2.96. The second-order valence-corrected chi connectivity index (χ2v) is 7.35.